The van der Waals surface area contributed by atoms with E-state index in [1.54, 1.807) is 0 Å². The maximum atomic E-state index is 3.54. The first-order valence-corrected chi connectivity index (χ1v) is 18.4. The summed E-state index contributed by atoms with van der Waals surface area (Å²) in [5.74, 6) is 0. The van der Waals surface area contributed by atoms with Crippen molar-refractivity contribution in [1.29, 1.82) is 0 Å². The van der Waals surface area contributed by atoms with Gasteiger partial charge in [0.2, 0.25) is 0 Å². The highest BCUT2D eigenvalue weighted by molar-refractivity contribution is 6.13. The van der Waals surface area contributed by atoms with E-state index < -0.39 is 0 Å². The minimum Gasteiger partial charge on any atom is -0.361 e. The molecule has 0 amide bonds. The molecule has 0 aliphatic heterocycles. The average Bonchev–Trinajstić information content (AvgIpc) is 3.96. The van der Waals surface area contributed by atoms with Crippen molar-refractivity contribution in [3.05, 3.63) is 192 Å². The average molecular weight is 678 g/mol. The monoisotopic (exact) mass is 677 g/mol. The largest absolute Gasteiger partial charge is 0.361 e. The summed E-state index contributed by atoms with van der Waals surface area (Å²) in [6, 6.07) is 57.5. The van der Waals surface area contributed by atoms with Crippen LogP contribution in [0.15, 0.2) is 164 Å². The molecule has 1 N–H and O–H groups in total. The number of para-hydroxylation sites is 3. The van der Waals surface area contributed by atoms with E-state index in [9.17, 15) is 0 Å². The molecule has 10 aromatic rings. The number of aryl methyl sites for hydroxylation is 1. The molecule has 0 bridgehead atoms. The van der Waals surface area contributed by atoms with Gasteiger partial charge in [-0.05, 0) is 112 Å². The predicted octanol–water partition coefficient (Wildman–Crippen LogP) is 12.9. The number of nitrogens with one attached hydrogen (secondary N) is 1. The molecule has 250 valence electrons. The number of rotatable bonds is 5. The van der Waals surface area contributed by atoms with E-state index in [0.29, 0.717) is 0 Å². The van der Waals surface area contributed by atoms with Gasteiger partial charge in [-0.3, -0.25) is 0 Å². The van der Waals surface area contributed by atoms with E-state index in [2.05, 4.69) is 197 Å². The van der Waals surface area contributed by atoms with Crippen LogP contribution in [0.2, 0.25) is 0 Å². The van der Waals surface area contributed by atoms with Crippen molar-refractivity contribution in [3.63, 3.8) is 0 Å². The van der Waals surface area contributed by atoms with Crippen molar-refractivity contribution in [2.24, 2.45) is 0 Å². The molecule has 0 spiro atoms. The lowest BCUT2D eigenvalue weighted by Gasteiger charge is -2.11. The second-order valence-electron chi connectivity index (χ2n) is 14.3. The summed E-state index contributed by atoms with van der Waals surface area (Å²) in [5, 5.41) is 5.06. The summed E-state index contributed by atoms with van der Waals surface area (Å²) in [6.07, 6.45) is 7.62. The normalized spacial score (nSPS) is 12.5. The minimum atomic E-state index is 0.949. The van der Waals surface area contributed by atoms with Crippen molar-refractivity contribution in [2.75, 3.05) is 0 Å². The fourth-order valence-electron chi connectivity index (χ4n) is 8.86. The second-order valence-corrected chi connectivity index (χ2v) is 14.3. The van der Waals surface area contributed by atoms with Gasteiger partial charge in [-0.15, -0.1) is 0 Å². The third-order valence-corrected chi connectivity index (χ3v) is 11.4. The molecule has 3 nitrogen and oxygen atoms in total. The van der Waals surface area contributed by atoms with Crippen molar-refractivity contribution in [3.8, 4) is 33.6 Å². The van der Waals surface area contributed by atoms with Crippen molar-refractivity contribution < 1.29 is 0 Å². The molecule has 0 fully saturated rings. The number of hydrogen-bond donors (Lipinski definition) is 1. The Labute approximate surface area is 307 Å². The number of benzene rings is 7. The van der Waals surface area contributed by atoms with Crippen LogP contribution in [0.5, 0.6) is 0 Å². The van der Waals surface area contributed by atoms with Gasteiger partial charge in [0.25, 0.3) is 0 Å². The molecule has 1 aliphatic rings. The molecule has 0 radical (unpaired) electrons. The molecule has 3 heteroatoms. The van der Waals surface area contributed by atoms with Gasteiger partial charge in [0.15, 0.2) is 0 Å². The summed E-state index contributed by atoms with van der Waals surface area (Å²) in [7, 11) is 0. The zero-order valence-electron chi connectivity index (χ0n) is 29.3. The molecule has 0 atom stereocenters. The molecule has 0 unspecified atom stereocenters. The van der Waals surface area contributed by atoms with Crippen LogP contribution < -0.4 is 0 Å². The van der Waals surface area contributed by atoms with Crippen LogP contribution in [-0.2, 0) is 6.42 Å². The molecule has 1 aliphatic carbocycles. The van der Waals surface area contributed by atoms with Gasteiger partial charge in [0.05, 0.1) is 16.6 Å². The molecule has 11 rings (SSSR count). The van der Waals surface area contributed by atoms with E-state index in [4.69, 9.17) is 0 Å². The van der Waals surface area contributed by atoms with Crippen LogP contribution in [0, 0.1) is 6.92 Å². The van der Waals surface area contributed by atoms with E-state index in [0.717, 1.165) is 17.6 Å². The van der Waals surface area contributed by atoms with Crippen molar-refractivity contribution in [2.45, 2.75) is 13.3 Å². The predicted molar refractivity (Wildman–Crippen MR) is 223 cm³/mol. The molecule has 0 saturated carbocycles. The molecule has 0 saturated heterocycles. The fraction of sp³-hybridized carbons (Fsp3) is 0.0400. The van der Waals surface area contributed by atoms with Crippen LogP contribution in [0.3, 0.4) is 0 Å². The van der Waals surface area contributed by atoms with Gasteiger partial charge in [-0.1, -0.05) is 109 Å². The van der Waals surface area contributed by atoms with Crippen LogP contribution in [0.4, 0.5) is 0 Å². The number of nitrogens with zero attached hydrogens (tertiary/aromatic N) is 2. The Morgan fingerprint density at radius 2 is 1.21 bits per heavy atom. The zero-order chi connectivity index (χ0) is 35.0. The maximum Gasteiger partial charge on any atom is 0.0582 e. The Morgan fingerprint density at radius 3 is 2.04 bits per heavy atom. The van der Waals surface area contributed by atoms with Gasteiger partial charge < -0.3 is 14.1 Å². The molecule has 7 aromatic carbocycles. The van der Waals surface area contributed by atoms with Gasteiger partial charge in [0.1, 0.15) is 0 Å². The summed E-state index contributed by atoms with van der Waals surface area (Å²) in [6.45, 7) is 2.23. The summed E-state index contributed by atoms with van der Waals surface area (Å²) < 4.78 is 4.85. The highest BCUT2D eigenvalue weighted by Gasteiger charge is 2.25. The van der Waals surface area contributed by atoms with E-state index in [1.807, 2.05) is 0 Å². The van der Waals surface area contributed by atoms with Crippen molar-refractivity contribution in [1.82, 2.24) is 14.1 Å². The number of H-pyrrole nitrogens is 1. The van der Waals surface area contributed by atoms with Crippen LogP contribution >= 0.6 is 0 Å². The lowest BCUT2D eigenvalue weighted by Crippen LogP contribution is -1.96. The zero-order valence-corrected chi connectivity index (χ0v) is 29.3. The molecular weight excluding hydrogens is 643 g/mol. The topological polar surface area (TPSA) is 25.6 Å². The minimum absolute atomic E-state index is 0.949. The van der Waals surface area contributed by atoms with Crippen LogP contribution in [-0.4, -0.2) is 14.1 Å². The Bertz CT molecular complexity index is 3080. The summed E-state index contributed by atoms with van der Waals surface area (Å²) in [4.78, 5) is 3.54. The standard InChI is InChI=1S/C50H35N3/c1-32-39-17-10-11-19-48(39)52(37-13-4-2-5-14-37)47(32)26-22-36-31-51-46-25-20-33(28-43(36)46)34-21-27-49-44(29-34)42-24-23-41-40-18-9-8-12-35(40)30-45(41)50(42)53(49)38-15-6-3-7-16-38/h2-29,31,51H,30H2,1H3/b26-22-. The third-order valence-electron chi connectivity index (χ3n) is 11.4. The van der Waals surface area contributed by atoms with E-state index in [1.165, 1.54) is 94.0 Å². The lowest BCUT2D eigenvalue weighted by atomic mass is 9.99. The number of fused-ring (bicyclic) bond motifs is 9. The number of aromatic amines is 1. The summed E-state index contributed by atoms with van der Waals surface area (Å²) >= 11 is 0. The van der Waals surface area contributed by atoms with Gasteiger partial charge in [-0.25, -0.2) is 0 Å². The molecule has 53 heavy (non-hydrogen) atoms. The fourth-order valence-corrected chi connectivity index (χ4v) is 8.86. The number of hydrogen-bond acceptors (Lipinski definition) is 0. The SMILES string of the molecule is Cc1c(/C=C\c2c[nH]c3ccc(-c4ccc5c(c4)c4ccc6c(c4n5-c4ccccc4)Cc4ccccc4-6)cc23)n(-c2ccccc2)c2ccccc12. The maximum absolute atomic E-state index is 3.54. The van der Waals surface area contributed by atoms with Gasteiger partial charge in [0, 0.05) is 56.7 Å². The van der Waals surface area contributed by atoms with E-state index >= 15 is 0 Å². The Hall–Kier alpha value is -6.84. The summed E-state index contributed by atoms with van der Waals surface area (Å²) in [5.41, 5.74) is 18.8. The Balaban J connectivity index is 1.05. The molecule has 3 aromatic heterocycles. The lowest BCUT2D eigenvalue weighted by molar-refractivity contribution is 1.10. The van der Waals surface area contributed by atoms with E-state index in [-0.39, 0.29) is 0 Å². The second kappa shape index (κ2) is 11.6. The molecular formula is C50H35N3. The van der Waals surface area contributed by atoms with Gasteiger partial charge in [-0.2, -0.15) is 0 Å². The highest BCUT2D eigenvalue weighted by atomic mass is 15.0. The molecule has 3 heterocycles. The quantitative estimate of drug-likeness (QED) is 0.188. The Kier molecular flexibility index (Phi) is 6.53. The first-order chi connectivity index (χ1) is 26.2. The first kappa shape index (κ1) is 29.8. The van der Waals surface area contributed by atoms with Crippen molar-refractivity contribution >= 4 is 55.8 Å². The Morgan fingerprint density at radius 1 is 0.528 bits per heavy atom. The van der Waals surface area contributed by atoms with Crippen LogP contribution in [0.1, 0.15) is 27.9 Å². The first-order valence-electron chi connectivity index (χ1n) is 18.4. The number of aromatic nitrogens is 3. The highest BCUT2D eigenvalue weighted by Crippen LogP contribution is 2.45. The third kappa shape index (κ3) is 4.54. The van der Waals surface area contributed by atoms with Crippen LogP contribution in [0.25, 0.3) is 89.4 Å². The smallest absolute Gasteiger partial charge is 0.0582 e. The van der Waals surface area contributed by atoms with Gasteiger partial charge >= 0.3 is 0 Å².